The van der Waals surface area contributed by atoms with Gasteiger partial charge in [0.1, 0.15) is 4.83 Å². The van der Waals surface area contributed by atoms with E-state index in [9.17, 15) is 4.79 Å². The predicted octanol–water partition coefficient (Wildman–Crippen LogP) is 2.58. The molecule has 3 heterocycles. The van der Waals surface area contributed by atoms with E-state index in [4.69, 9.17) is 5.26 Å². The SMILES string of the molecule is CC(c1ccc(C#N)cc1)n1cnc2sc3c(c2c1=O)CCNC3. The zero-order chi connectivity index (χ0) is 16.7. The van der Waals surface area contributed by atoms with E-state index in [1.807, 2.05) is 19.1 Å². The molecular weight excluding hydrogens is 320 g/mol. The van der Waals surface area contributed by atoms with Crippen LogP contribution in [0.1, 0.15) is 34.5 Å². The summed E-state index contributed by atoms with van der Waals surface area (Å²) in [7, 11) is 0. The van der Waals surface area contributed by atoms with Gasteiger partial charge in [0.25, 0.3) is 5.56 Å². The molecule has 0 saturated carbocycles. The van der Waals surface area contributed by atoms with E-state index < -0.39 is 0 Å². The van der Waals surface area contributed by atoms with Crippen LogP contribution in [0.3, 0.4) is 0 Å². The number of benzene rings is 1. The van der Waals surface area contributed by atoms with Gasteiger partial charge in [-0.05, 0) is 43.1 Å². The fourth-order valence-corrected chi connectivity index (χ4v) is 4.35. The van der Waals surface area contributed by atoms with E-state index in [1.54, 1.807) is 34.4 Å². The van der Waals surface area contributed by atoms with Gasteiger partial charge in [-0.25, -0.2) is 4.98 Å². The first kappa shape index (κ1) is 15.1. The summed E-state index contributed by atoms with van der Waals surface area (Å²) in [4.78, 5) is 19.6. The Kier molecular flexibility index (Phi) is 3.68. The molecule has 0 saturated heterocycles. The van der Waals surface area contributed by atoms with Crippen LogP contribution < -0.4 is 10.9 Å². The van der Waals surface area contributed by atoms with Gasteiger partial charge in [-0.1, -0.05) is 12.1 Å². The number of fused-ring (bicyclic) bond motifs is 3. The highest BCUT2D eigenvalue weighted by molar-refractivity contribution is 7.18. The second-order valence-electron chi connectivity index (χ2n) is 5.98. The van der Waals surface area contributed by atoms with Crippen molar-refractivity contribution in [1.29, 1.82) is 5.26 Å². The third kappa shape index (κ3) is 2.33. The average molecular weight is 336 g/mol. The number of nitrogens with zero attached hydrogens (tertiary/aromatic N) is 3. The van der Waals surface area contributed by atoms with Crippen molar-refractivity contribution in [1.82, 2.24) is 14.9 Å². The van der Waals surface area contributed by atoms with Gasteiger partial charge >= 0.3 is 0 Å². The van der Waals surface area contributed by atoms with Crippen LogP contribution in [0.25, 0.3) is 10.2 Å². The number of nitrogens with one attached hydrogen (secondary N) is 1. The molecule has 5 nitrogen and oxygen atoms in total. The van der Waals surface area contributed by atoms with E-state index in [0.717, 1.165) is 40.9 Å². The van der Waals surface area contributed by atoms with Gasteiger partial charge in [0.2, 0.25) is 0 Å². The fraction of sp³-hybridized carbons (Fsp3) is 0.278. The summed E-state index contributed by atoms with van der Waals surface area (Å²) < 4.78 is 1.69. The lowest BCUT2D eigenvalue weighted by Crippen LogP contribution is -2.26. The van der Waals surface area contributed by atoms with Crippen molar-refractivity contribution < 1.29 is 0 Å². The van der Waals surface area contributed by atoms with E-state index in [0.29, 0.717) is 5.56 Å². The van der Waals surface area contributed by atoms with Crippen LogP contribution in [0, 0.1) is 11.3 Å². The fourth-order valence-electron chi connectivity index (χ4n) is 3.20. The number of thiophene rings is 1. The number of rotatable bonds is 2. The lowest BCUT2D eigenvalue weighted by molar-refractivity contribution is 0.607. The van der Waals surface area contributed by atoms with E-state index >= 15 is 0 Å². The molecule has 1 aliphatic rings. The third-order valence-electron chi connectivity index (χ3n) is 4.60. The smallest absolute Gasteiger partial charge is 0.262 e. The monoisotopic (exact) mass is 336 g/mol. The normalized spacial score (nSPS) is 15.0. The van der Waals surface area contributed by atoms with Crippen LogP contribution in [0.15, 0.2) is 35.4 Å². The Morgan fingerprint density at radius 1 is 1.38 bits per heavy atom. The van der Waals surface area contributed by atoms with Crippen LogP contribution >= 0.6 is 11.3 Å². The standard InChI is InChI=1S/C18H16N4OS/c1-11(13-4-2-12(8-19)3-5-13)22-10-21-17-16(18(22)23)14-6-7-20-9-15(14)24-17/h2-5,10-11,20H,6-7,9H2,1H3. The molecule has 2 aromatic heterocycles. The number of hydrogen-bond acceptors (Lipinski definition) is 5. The minimum atomic E-state index is -0.126. The molecule has 120 valence electrons. The first-order valence-corrected chi connectivity index (χ1v) is 8.73. The molecule has 1 aliphatic heterocycles. The van der Waals surface area contributed by atoms with Crippen molar-refractivity contribution in [2.24, 2.45) is 0 Å². The van der Waals surface area contributed by atoms with Crippen molar-refractivity contribution in [2.75, 3.05) is 6.54 Å². The molecule has 6 heteroatoms. The maximum atomic E-state index is 13.1. The van der Waals surface area contributed by atoms with Crippen molar-refractivity contribution in [2.45, 2.75) is 25.9 Å². The Morgan fingerprint density at radius 2 is 2.17 bits per heavy atom. The summed E-state index contributed by atoms with van der Waals surface area (Å²) in [5.41, 5.74) is 2.79. The Morgan fingerprint density at radius 3 is 2.92 bits per heavy atom. The molecule has 1 aromatic carbocycles. The molecule has 0 amide bonds. The first-order valence-electron chi connectivity index (χ1n) is 7.91. The summed E-state index contributed by atoms with van der Waals surface area (Å²) in [5.74, 6) is 0. The zero-order valence-electron chi connectivity index (χ0n) is 13.2. The van der Waals surface area contributed by atoms with Crippen molar-refractivity contribution in [3.63, 3.8) is 0 Å². The zero-order valence-corrected chi connectivity index (χ0v) is 14.1. The quantitative estimate of drug-likeness (QED) is 0.781. The Balaban J connectivity index is 1.83. The highest BCUT2D eigenvalue weighted by Crippen LogP contribution is 2.30. The van der Waals surface area contributed by atoms with Gasteiger partial charge < -0.3 is 5.32 Å². The molecular formula is C18H16N4OS. The largest absolute Gasteiger partial charge is 0.312 e. The summed E-state index contributed by atoms with van der Waals surface area (Å²) in [6.45, 7) is 3.70. The maximum Gasteiger partial charge on any atom is 0.262 e. The number of nitriles is 1. The van der Waals surface area contributed by atoms with Crippen LogP contribution in [-0.4, -0.2) is 16.1 Å². The predicted molar refractivity (Wildman–Crippen MR) is 94.3 cm³/mol. The second kappa shape index (κ2) is 5.86. The van der Waals surface area contributed by atoms with Gasteiger partial charge in [0.05, 0.1) is 29.4 Å². The molecule has 0 radical (unpaired) electrons. The molecule has 0 aliphatic carbocycles. The highest BCUT2D eigenvalue weighted by Gasteiger charge is 2.21. The Bertz CT molecular complexity index is 1010. The molecule has 1 atom stereocenters. The first-order chi connectivity index (χ1) is 11.7. The van der Waals surface area contributed by atoms with Crippen LogP contribution in [0.2, 0.25) is 0 Å². The van der Waals surface area contributed by atoms with E-state index in [2.05, 4.69) is 16.4 Å². The second-order valence-corrected chi connectivity index (χ2v) is 7.06. The molecule has 0 spiro atoms. The van der Waals surface area contributed by atoms with Crippen molar-refractivity contribution >= 4 is 21.6 Å². The summed E-state index contributed by atoms with van der Waals surface area (Å²) in [6, 6.07) is 9.34. The molecule has 0 bridgehead atoms. The van der Waals surface area contributed by atoms with Crippen LogP contribution in [0.4, 0.5) is 0 Å². The number of aromatic nitrogens is 2. The lowest BCUT2D eigenvalue weighted by Gasteiger charge is -2.16. The van der Waals surface area contributed by atoms with Gasteiger partial charge in [-0.15, -0.1) is 11.3 Å². The lowest BCUT2D eigenvalue weighted by atomic mass is 10.1. The minimum Gasteiger partial charge on any atom is -0.312 e. The molecule has 4 rings (SSSR count). The van der Waals surface area contributed by atoms with Crippen LogP contribution in [-0.2, 0) is 13.0 Å². The van der Waals surface area contributed by atoms with Gasteiger partial charge in [-0.2, -0.15) is 5.26 Å². The Hall–Kier alpha value is -2.49. The highest BCUT2D eigenvalue weighted by atomic mass is 32.1. The molecule has 24 heavy (non-hydrogen) atoms. The topological polar surface area (TPSA) is 70.7 Å². The molecule has 1 unspecified atom stereocenters. The molecule has 1 N–H and O–H groups in total. The van der Waals surface area contributed by atoms with Crippen molar-refractivity contribution in [3.8, 4) is 6.07 Å². The Labute approximate surface area is 143 Å². The van der Waals surface area contributed by atoms with Crippen molar-refractivity contribution in [3.05, 3.63) is 62.5 Å². The maximum absolute atomic E-state index is 13.1. The van der Waals surface area contributed by atoms with E-state index in [-0.39, 0.29) is 11.6 Å². The van der Waals surface area contributed by atoms with Gasteiger partial charge in [0, 0.05) is 11.4 Å². The van der Waals surface area contributed by atoms with E-state index in [1.165, 1.54) is 4.88 Å². The minimum absolute atomic E-state index is 0.0243. The molecule has 3 aromatic rings. The summed E-state index contributed by atoms with van der Waals surface area (Å²) >= 11 is 1.61. The summed E-state index contributed by atoms with van der Waals surface area (Å²) in [6.07, 6.45) is 2.52. The summed E-state index contributed by atoms with van der Waals surface area (Å²) in [5, 5.41) is 13.0. The number of hydrogen-bond donors (Lipinski definition) is 1. The van der Waals surface area contributed by atoms with Gasteiger partial charge in [-0.3, -0.25) is 9.36 Å². The third-order valence-corrected chi connectivity index (χ3v) is 5.74. The average Bonchev–Trinajstić information content (AvgIpc) is 3.01. The molecule has 0 fully saturated rings. The van der Waals surface area contributed by atoms with Crippen LogP contribution in [0.5, 0.6) is 0 Å². The van der Waals surface area contributed by atoms with Gasteiger partial charge in [0.15, 0.2) is 0 Å².